The van der Waals surface area contributed by atoms with Gasteiger partial charge < -0.3 is 9.84 Å². The Morgan fingerprint density at radius 3 is 2.59 bits per heavy atom. The van der Waals surface area contributed by atoms with E-state index in [-0.39, 0.29) is 11.5 Å². The molecule has 0 saturated heterocycles. The summed E-state index contributed by atoms with van der Waals surface area (Å²) in [6, 6.07) is 5.79. The third-order valence-corrected chi connectivity index (χ3v) is 2.85. The Hall–Kier alpha value is -1.84. The van der Waals surface area contributed by atoms with Crippen molar-refractivity contribution in [2.24, 2.45) is 0 Å². The van der Waals surface area contributed by atoms with Crippen LogP contribution >= 0.6 is 0 Å². The Bertz CT molecular complexity index is 422. The molecule has 0 aromatic heterocycles. The lowest BCUT2D eigenvalue weighted by molar-refractivity contribution is -0.129. The van der Waals surface area contributed by atoms with E-state index in [1.165, 1.54) is 24.3 Å². The van der Waals surface area contributed by atoms with Crippen LogP contribution in [-0.4, -0.2) is 23.0 Å². The predicted octanol–water partition coefficient (Wildman–Crippen LogP) is 2.06. The molecular formula is C13H14O4. The number of hydrogen-bond acceptors (Lipinski definition) is 4. The van der Waals surface area contributed by atoms with Crippen molar-refractivity contribution in [3.63, 3.8) is 0 Å². The second kappa shape index (κ2) is 4.99. The summed E-state index contributed by atoms with van der Waals surface area (Å²) in [6.45, 7) is 0. The number of Topliss-reactive ketones (excluding diaryl/α,β-unsaturated/α-hetero) is 1. The molecular weight excluding hydrogens is 220 g/mol. The van der Waals surface area contributed by atoms with Crippen molar-refractivity contribution in [2.45, 2.75) is 31.8 Å². The van der Waals surface area contributed by atoms with Gasteiger partial charge in [-0.25, -0.2) is 4.79 Å². The molecule has 1 aliphatic carbocycles. The van der Waals surface area contributed by atoms with Gasteiger partial charge in [0.15, 0.2) is 11.9 Å². The molecule has 1 saturated carbocycles. The molecule has 1 aliphatic rings. The maximum Gasteiger partial charge on any atom is 0.338 e. The largest absolute Gasteiger partial charge is 0.508 e. The van der Waals surface area contributed by atoms with Crippen LogP contribution in [0.25, 0.3) is 0 Å². The SMILES string of the molecule is O=C(O[C@@H]1CCCCC1=O)c1ccc(O)cc1. The normalized spacial score (nSPS) is 20.0. The maximum absolute atomic E-state index is 11.7. The van der Waals surface area contributed by atoms with Crippen molar-refractivity contribution in [3.8, 4) is 5.75 Å². The van der Waals surface area contributed by atoms with E-state index in [9.17, 15) is 9.59 Å². The number of phenols is 1. The number of ketones is 1. The third-order valence-electron chi connectivity index (χ3n) is 2.85. The molecule has 0 heterocycles. The summed E-state index contributed by atoms with van der Waals surface area (Å²) in [6.07, 6.45) is 2.31. The molecule has 0 radical (unpaired) electrons. The van der Waals surface area contributed by atoms with Gasteiger partial charge in [-0.15, -0.1) is 0 Å². The molecule has 4 heteroatoms. The molecule has 0 aliphatic heterocycles. The first-order valence-electron chi connectivity index (χ1n) is 5.69. The topological polar surface area (TPSA) is 63.6 Å². The zero-order chi connectivity index (χ0) is 12.3. The first kappa shape index (κ1) is 11.6. The zero-order valence-electron chi connectivity index (χ0n) is 9.39. The van der Waals surface area contributed by atoms with Gasteiger partial charge in [-0.2, -0.15) is 0 Å². The van der Waals surface area contributed by atoms with E-state index in [4.69, 9.17) is 9.84 Å². The molecule has 0 spiro atoms. The van der Waals surface area contributed by atoms with Crippen molar-refractivity contribution in [1.82, 2.24) is 0 Å². The number of hydrogen-bond donors (Lipinski definition) is 1. The Morgan fingerprint density at radius 2 is 1.94 bits per heavy atom. The zero-order valence-corrected chi connectivity index (χ0v) is 9.39. The van der Waals surface area contributed by atoms with E-state index in [1.807, 2.05) is 0 Å². The highest BCUT2D eigenvalue weighted by Gasteiger charge is 2.26. The molecule has 17 heavy (non-hydrogen) atoms. The van der Waals surface area contributed by atoms with Crippen LogP contribution in [0.4, 0.5) is 0 Å². The highest BCUT2D eigenvalue weighted by atomic mass is 16.5. The fourth-order valence-electron chi connectivity index (χ4n) is 1.87. The van der Waals surface area contributed by atoms with Crippen LogP contribution in [0.5, 0.6) is 5.75 Å². The van der Waals surface area contributed by atoms with Crippen molar-refractivity contribution in [3.05, 3.63) is 29.8 Å². The second-order valence-corrected chi connectivity index (χ2v) is 4.15. The molecule has 1 N–H and O–H groups in total. The minimum atomic E-state index is -0.593. The van der Waals surface area contributed by atoms with Gasteiger partial charge in [-0.05, 0) is 43.5 Å². The standard InChI is InChI=1S/C13H14O4/c14-10-7-5-9(6-8-10)13(16)17-12-4-2-1-3-11(12)15/h5-8,12,14H,1-4H2/t12-/m1/s1. The van der Waals surface area contributed by atoms with Gasteiger partial charge in [0, 0.05) is 6.42 Å². The molecule has 1 fully saturated rings. The van der Waals surface area contributed by atoms with E-state index >= 15 is 0 Å². The van der Waals surface area contributed by atoms with Gasteiger partial charge in [0.05, 0.1) is 5.56 Å². The first-order chi connectivity index (χ1) is 8.16. The van der Waals surface area contributed by atoms with Crippen molar-refractivity contribution in [2.75, 3.05) is 0 Å². The highest BCUT2D eigenvalue weighted by Crippen LogP contribution is 2.19. The summed E-state index contributed by atoms with van der Waals surface area (Å²) in [5, 5.41) is 9.10. The number of ether oxygens (including phenoxy) is 1. The Labute approximate surface area is 99.2 Å². The Morgan fingerprint density at radius 1 is 1.24 bits per heavy atom. The van der Waals surface area contributed by atoms with E-state index < -0.39 is 12.1 Å². The summed E-state index contributed by atoms with van der Waals surface area (Å²) in [5.74, 6) is -0.413. The lowest BCUT2D eigenvalue weighted by Gasteiger charge is -2.20. The van der Waals surface area contributed by atoms with Crippen LogP contribution in [-0.2, 0) is 9.53 Å². The van der Waals surface area contributed by atoms with Gasteiger partial charge in [0.25, 0.3) is 0 Å². The molecule has 90 valence electrons. The van der Waals surface area contributed by atoms with Crippen LogP contribution in [0.2, 0.25) is 0 Å². The minimum Gasteiger partial charge on any atom is -0.508 e. The van der Waals surface area contributed by atoms with Crippen molar-refractivity contribution >= 4 is 11.8 Å². The average Bonchev–Trinajstić information content (AvgIpc) is 2.33. The van der Waals surface area contributed by atoms with Crippen LogP contribution in [0.3, 0.4) is 0 Å². The fourth-order valence-corrected chi connectivity index (χ4v) is 1.87. The summed E-state index contributed by atoms with van der Waals surface area (Å²) in [7, 11) is 0. The van der Waals surface area contributed by atoms with Gasteiger partial charge in [0.2, 0.25) is 0 Å². The molecule has 0 bridgehead atoms. The van der Waals surface area contributed by atoms with E-state index in [2.05, 4.69) is 0 Å². The number of phenolic OH excluding ortho intramolecular Hbond substituents is 1. The lowest BCUT2D eigenvalue weighted by Crippen LogP contribution is -2.30. The monoisotopic (exact) mass is 234 g/mol. The van der Waals surface area contributed by atoms with Gasteiger partial charge in [-0.3, -0.25) is 4.79 Å². The average molecular weight is 234 g/mol. The van der Waals surface area contributed by atoms with Crippen LogP contribution < -0.4 is 0 Å². The minimum absolute atomic E-state index is 0.00313. The molecule has 2 rings (SSSR count). The maximum atomic E-state index is 11.7. The molecule has 0 unspecified atom stereocenters. The number of rotatable bonds is 2. The number of aromatic hydroxyl groups is 1. The van der Waals surface area contributed by atoms with E-state index in [0.29, 0.717) is 18.4 Å². The molecule has 0 amide bonds. The van der Waals surface area contributed by atoms with Gasteiger partial charge in [0.1, 0.15) is 5.75 Å². The highest BCUT2D eigenvalue weighted by molar-refractivity contribution is 5.93. The molecule has 1 aromatic carbocycles. The summed E-state index contributed by atoms with van der Waals surface area (Å²) in [4.78, 5) is 23.2. The van der Waals surface area contributed by atoms with Gasteiger partial charge in [-0.1, -0.05) is 0 Å². The Kier molecular flexibility index (Phi) is 3.42. The molecule has 1 atom stereocenters. The first-order valence-corrected chi connectivity index (χ1v) is 5.69. The quantitative estimate of drug-likeness (QED) is 0.795. The fraction of sp³-hybridized carbons (Fsp3) is 0.385. The number of carbonyl (C=O) groups is 2. The third kappa shape index (κ3) is 2.84. The number of benzene rings is 1. The Balaban J connectivity index is 2.01. The second-order valence-electron chi connectivity index (χ2n) is 4.15. The van der Waals surface area contributed by atoms with Crippen molar-refractivity contribution < 1.29 is 19.4 Å². The van der Waals surface area contributed by atoms with Crippen molar-refractivity contribution in [1.29, 1.82) is 0 Å². The van der Waals surface area contributed by atoms with E-state index in [1.54, 1.807) is 0 Å². The van der Waals surface area contributed by atoms with Crippen LogP contribution in [0.15, 0.2) is 24.3 Å². The summed E-state index contributed by atoms with van der Waals surface area (Å²) >= 11 is 0. The number of esters is 1. The smallest absolute Gasteiger partial charge is 0.338 e. The van der Waals surface area contributed by atoms with Gasteiger partial charge >= 0.3 is 5.97 Å². The summed E-state index contributed by atoms with van der Waals surface area (Å²) in [5.41, 5.74) is 0.348. The summed E-state index contributed by atoms with van der Waals surface area (Å²) < 4.78 is 5.16. The van der Waals surface area contributed by atoms with Crippen LogP contribution in [0, 0.1) is 0 Å². The molecule has 1 aromatic rings. The lowest BCUT2D eigenvalue weighted by atomic mass is 9.96. The van der Waals surface area contributed by atoms with E-state index in [0.717, 1.165) is 12.8 Å². The predicted molar refractivity (Wildman–Crippen MR) is 60.8 cm³/mol. The van der Waals surface area contributed by atoms with Crippen LogP contribution in [0.1, 0.15) is 36.0 Å². The number of carbonyl (C=O) groups excluding carboxylic acids is 2. The molecule has 4 nitrogen and oxygen atoms in total.